The Morgan fingerprint density at radius 1 is 0.247 bits per heavy atom. The maximum atomic E-state index is 2.58. The van der Waals surface area contributed by atoms with Crippen molar-refractivity contribution in [3.8, 4) is 100 Å². The Labute approximate surface area is 570 Å². The molecule has 0 bridgehead atoms. The Morgan fingerprint density at radius 3 is 0.918 bits per heavy atom. The van der Waals surface area contributed by atoms with Crippen molar-refractivity contribution in [1.82, 2.24) is 0 Å². The van der Waals surface area contributed by atoms with Crippen LogP contribution in [0.15, 0.2) is 382 Å². The Bertz CT molecular complexity index is 5200. The van der Waals surface area contributed by atoms with E-state index in [-0.39, 0.29) is 5.92 Å². The van der Waals surface area contributed by atoms with Gasteiger partial charge in [-0.1, -0.05) is 291 Å². The Kier molecular flexibility index (Phi) is 15.6. The first-order chi connectivity index (χ1) is 48.0. The first-order valence-corrected chi connectivity index (χ1v) is 34.2. The third-order valence-electron chi connectivity index (χ3n) is 20.2. The molecule has 0 fully saturated rings. The highest BCUT2D eigenvalue weighted by Gasteiger charge is 2.47. The molecular formula is C97H70. The van der Waals surface area contributed by atoms with Crippen LogP contribution in [0.4, 0.5) is 0 Å². The SMILES string of the molecule is C1=CC(c2cc(-c3ccccc3)cc(-c3cc(-c4cc(-c5ccccc5)cc(-c5ccccc5)c4)cc(C4(c5cc(C6=CC(c7ccccc7)CC(c7ccccc7)=C6)cc(-c6cc(-c7ccccc7)cc(-c7ccccc7)c6)c5)c5ccccc5-c5ccccc54)c3)c2)=CCC1. The molecule has 14 aromatic rings. The fourth-order valence-corrected chi connectivity index (χ4v) is 15.5. The topological polar surface area (TPSA) is 0 Å². The van der Waals surface area contributed by atoms with Gasteiger partial charge in [-0.05, 0) is 272 Å². The highest BCUT2D eigenvalue weighted by Crippen LogP contribution is 2.58. The molecule has 0 saturated carbocycles. The third-order valence-corrected chi connectivity index (χ3v) is 20.2. The monoisotopic (exact) mass is 1230 g/mol. The van der Waals surface area contributed by atoms with Gasteiger partial charge in [-0.15, -0.1) is 0 Å². The van der Waals surface area contributed by atoms with Crippen LogP contribution in [-0.4, -0.2) is 0 Å². The predicted octanol–water partition coefficient (Wildman–Crippen LogP) is 25.8. The first kappa shape index (κ1) is 58.8. The van der Waals surface area contributed by atoms with Crippen LogP contribution in [0.2, 0.25) is 0 Å². The number of fused-ring (bicyclic) bond motifs is 3. The van der Waals surface area contributed by atoms with Gasteiger partial charge in [0.1, 0.15) is 0 Å². The molecule has 458 valence electrons. The van der Waals surface area contributed by atoms with Gasteiger partial charge in [0.05, 0.1) is 5.41 Å². The fraction of sp³-hybridized carbons (Fsp3) is 0.0515. The minimum absolute atomic E-state index is 0.138. The molecule has 1 atom stereocenters. The lowest BCUT2D eigenvalue weighted by Crippen LogP contribution is -2.29. The smallest absolute Gasteiger partial charge is 0.0714 e. The molecular weight excluding hydrogens is 1170 g/mol. The maximum absolute atomic E-state index is 2.58. The molecule has 0 aliphatic heterocycles. The fourth-order valence-electron chi connectivity index (χ4n) is 15.5. The van der Waals surface area contributed by atoms with Gasteiger partial charge in [0, 0.05) is 5.92 Å². The van der Waals surface area contributed by atoms with Crippen LogP contribution in [0.5, 0.6) is 0 Å². The quantitative estimate of drug-likeness (QED) is 0.102. The molecule has 0 N–H and O–H groups in total. The second kappa shape index (κ2) is 25.7. The van der Waals surface area contributed by atoms with Crippen LogP contribution < -0.4 is 0 Å². The van der Waals surface area contributed by atoms with E-state index in [0.29, 0.717) is 0 Å². The van der Waals surface area contributed by atoms with Crippen molar-refractivity contribution in [2.45, 2.75) is 30.6 Å². The third kappa shape index (κ3) is 11.5. The molecule has 3 aliphatic carbocycles. The number of rotatable bonds is 14. The summed E-state index contributed by atoms with van der Waals surface area (Å²) < 4.78 is 0. The lowest BCUT2D eigenvalue weighted by atomic mass is 9.66. The average Bonchev–Trinajstić information content (AvgIpc) is 1.56. The normalized spacial score (nSPS) is 14.4. The van der Waals surface area contributed by atoms with E-state index in [4.69, 9.17) is 0 Å². The van der Waals surface area contributed by atoms with Crippen LogP contribution in [0.25, 0.3) is 117 Å². The summed E-state index contributed by atoms with van der Waals surface area (Å²) in [7, 11) is 0. The molecule has 3 aliphatic rings. The van der Waals surface area contributed by atoms with Gasteiger partial charge in [0.2, 0.25) is 0 Å². The van der Waals surface area contributed by atoms with Gasteiger partial charge in [-0.25, -0.2) is 0 Å². The second-order valence-corrected chi connectivity index (χ2v) is 26.2. The van der Waals surface area contributed by atoms with Crippen molar-refractivity contribution in [3.63, 3.8) is 0 Å². The summed E-state index contributed by atoms with van der Waals surface area (Å²) in [5.41, 5.74) is 33.9. The van der Waals surface area contributed by atoms with E-state index >= 15 is 0 Å². The molecule has 1 unspecified atom stereocenters. The first-order valence-electron chi connectivity index (χ1n) is 34.2. The van der Waals surface area contributed by atoms with Gasteiger partial charge in [0.15, 0.2) is 0 Å². The molecule has 17 rings (SSSR count). The van der Waals surface area contributed by atoms with Gasteiger partial charge in [-0.3, -0.25) is 0 Å². The van der Waals surface area contributed by atoms with Crippen molar-refractivity contribution in [2.75, 3.05) is 0 Å². The van der Waals surface area contributed by atoms with E-state index in [1.54, 1.807) is 0 Å². The van der Waals surface area contributed by atoms with E-state index in [2.05, 4.69) is 382 Å². The van der Waals surface area contributed by atoms with Crippen LogP contribution in [0.3, 0.4) is 0 Å². The van der Waals surface area contributed by atoms with E-state index in [1.165, 1.54) is 128 Å². The molecule has 0 saturated heterocycles. The van der Waals surface area contributed by atoms with Gasteiger partial charge in [-0.2, -0.15) is 0 Å². The summed E-state index contributed by atoms with van der Waals surface area (Å²) in [5.74, 6) is 0.138. The van der Waals surface area contributed by atoms with Crippen molar-refractivity contribution in [1.29, 1.82) is 0 Å². The second-order valence-electron chi connectivity index (χ2n) is 26.2. The van der Waals surface area contributed by atoms with Crippen LogP contribution in [0, 0.1) is 0 Å². The molecule has 0 nitrogen and oxygen atoms in total. The van der Waals surface area contributed by atoms with Crippen LogP contribution in [0.1, 0.15) is 69.7 Å². The number of benzene rings is 14. The van der Waals surface area contributed by atoms with Crippen LogP contribution >= 0.6 is 0 Å². The summed E-state index contributed by atoms with van der Waals surface area (Å²) in [6.07, 6.45) is 15.1. The summed E-state index contributed by atoms with van der Waals surface area (Å²) in [4.78, 5) is 0. The Morgan fingerprint density at radius 2 is 0.546 bits per heavy atom. The van der Waals surface area contributed by atoms with E-state index in [9.17, 15) is 0 Å². The van der Waals surface area contributed by atoms with Gasteiger partial charge in [0.25, 0.3) is 0 Å². The lowest BCUT2D eigenvalue weighted by molar-refractivity contribution is 0.769. The minimum Gasteiger partial charge on any atom is -0.0836 e. The maximum Gasteiger partial charge on any atom is 0.0714 e. The highest BCUT2D eigenvalue weighted by atomic mass is 14.5. The highest BCUT2D eigenvalue weighted by molar-refractivity contribution is 5.94. The molecule has 0 aromatic heterocycles. The largest absolute Gasteiger partial charge is 0.0836 e. The Hall–Kier alpha value is -12.0. The van der Waals surface area contributed by atoms with Crippen LogP contribution in [-0.2, 0) is 5.41 Å². The Balaban J connectivity index is 1.000. The summed E-state index contributed by atoms with van der Waals surface area (Å²) >= 11 is 0. The number of allylic oxidation sites excluding steroid dienone is 8. The van der Waals surface area contributed by atoms with E-state index in [1.807, 2.05) is 0 Å². The van der Waals surface area contributed by atoms with Gasteiger partial charge >= 0.3 is 0 Å². The molecule has 0 radical (unpaired) electrons. The molecule has 14 aromatic carbocycles. The van der Waals surface area contributed by atoms with Crippen molar-refractivity contribution < 1.29 is 0 Å². The zero-order valence-corrected chi connectivity index (χ0v) is 54.1. The molecule has 0 heterocycles. The van der Waals surface area contributed by atoms with E-state index < -0.39 is 5.41 Å². The summed E-state index contributed by atoms with van der Waals surface area (Å²) in [6.45, 7) is 0. The summed E-state index contributed by atoms with van der Waals surface area (Å²) in [6, 6.07) is 132. The molecule has 0 heteroatoms. The lowest BCUT2D eigenvalue weighted by Gasteiger charge is -2.36. The van der Waals surface area contributed by atoms with Gasteiger partial charge < -0.3 is 0 Å². The minimum atomic E-state index is -0.865. The standard InChI is InChI=1S/C97H70/c1-9-29-67(30-10-1)75-49-76(68-31-11-2-12-32-68)54-83(53-75)87-61-88(84-55-77(69-33-13-3-14-34-69)50-78(56-84)70-35-15-4-16-36-70)64-91(63-87)97(95-47-27-25-45-93(95)94-46-26-28-48-96(94)97)92-65-89(85-57-79(71-37-17-5-18-38-71)51-80(58-85)72-39-19-6-20-40-72)62-90(66-92)86-59-81(73-41-21-7-22-42-73)52-82(60-86)74-43-23-8-24-44-74/h1-7,9-23,25-49,51-66,77H,8,24,50H2. The molecule has 97 heavy (non-hydrogen) atoms. The number of hydrogen-bond acceptors (Lipinski definition) is 0. The summed E-state index contributed by atoms with van der Waals surface area (Å²) in [5, 5.41) is 0. The zero-order chi connectivity index (χ0) is 64.5. The molecule has 0 amide bonds. The molecule has 0 spiro atoms. The van der Waals surface area contributed by atoms with E-state index in [0.717, 1.165) is 52.6 Å². The van der Waals surface area contributed by atoms with Crippen molar-refractivity contribution in [3.05, 3.63) is 427 Å². The zero-order valence-electron chi connectivity index (χ0n) is 54.1. The van der Waals surface area contributed by atoms with Crippen molar-refractivity contribution >= 4 is 16.7 Å². The average molecular weight is 1240 g/mol. The van der Waals surface area contributed by atoms with Crippen molar-refractivity contribution in [2.24, 2.45) is 0 Å². The number of hydrogen-bond donors (Lipinski definition) is 0. The predicted molar refractivity (Wildman–Crippen MR) is 410 cm³/mol.